The van der Waals surface area contributed by atoms with Gasteiger partial charge >= 0.3 is 0 Å². The first-order valence-electron chi connectivity index (χ1n) is 5.01. The largest absolute Gasteiger partial charge is 0.508 e. The Hall–Kier alpha value is -2.00. The first-order valence-corrected chi connectivity index (χ1v) is 5.01. The van der Waals surface area contributed by atoms with Gasteiger partial charge in [0.2, 0.25) is 0 Å². The highest BCUT2D eigenvalue weighted by Crippen LogP contribution is 2.18. The van der Waals surface area contributed by atoms with E-state index in [9.17, 15) is 5.11 Å². The number of hydrogen-bond donors (Lipinski definition) is 2. The third-order valence-electron chi connectivity index (χ3n) is 2.35. The number of nitrogens with two attached hydrogens (primary N) is 1. The van der Waals surface area contributed by atoms with Crippen LogP contribution in [0.4, 0.5) is 0 Å². The van der Waals surface area contributed by atoms with Crippen molar-refractivity contribution in [2.75, 3.05) is 0 Å². The number of phenols is 1. The molecule has 82 valence electrons. The molecule has 0 atom stereocenters. The number of benzene rings is 2. The van der Waals surface area contributed by atoms with E-state index >= 15 is 0 Å². The van der Waals surface area contributed by atoms with Crippen LogP contribution in [0.2, 0.25) is 0 Å². The van der Waals surface area contributed by atoms with Crippen molar-refractivity contribution in [1.82, 2.24) is 0 Å². The predicted molar refractivity (Wildman–Crippen MR) is 62.2 cm³/mol. The highest BCUT2D eigenvalue weighted by molar-refractivity contribution is 5.35. The Morgan fingerprint density at radius 1 is 1.00 bits per heavy atom. The van der Waals surface area contributed by atoms with E-state index < -0.39 is 0 Å². The molecular formula is C13H13NO2. The van der Waals surface area contributed by atoms with Crippen molar-refractivity contribution in [3.63, 3.8) is 0 Å². The van der Waals surface area contributed by atoms with Gasteiger partial charge in [-0.05, 0) is 41.8 Å². The smallest absolute Gasteiger partial charge is 0.147 e. The van der Waals surface area contributed by atoms with Gasteiger partial charge < -0.3 is 9.94 Å². The Kier molecular flexibility index (Phi) is 3.08. The van der Waals surface area contributed by atoms with Crippen molar-refractivity contribution in [2.45, 2.75) is 6.42 Å². The molecule has 0 aromatic heterocycles. The van der Waals surface area contributed by atoms with Crippen molar-refractivity contribution >= 4 is 0 Å². The maximum atomic E-state index is 9.35. The van der Waals surface area contributed by atoms with Gasteiger partial charge in [-0.15, -0.1) is 0 Å². The molecular weight excluding hydrogens is 202 g/mol. The number of phenolic OH excluding ortho intramolecular Hbond substituents is 1. The third-order valence-corrected chi connectivity index (χ3v) is 2.35. The normalized spacial score (nSPS) is 10.1. The second kappa shape index (κ2) is 4.68. The molecule has 0 bridgehead atoms. The van der Waals surface area contributed by atoms with Gasteiger partial charge in [-0.2, -0.15) is 5.90 Å². The summed E-state index contributed by atoms with van der Waals surface area (Å²) in [6, 6.07) is 14.8. The van der Waals surface area contributed by atoms with Gasteiger partial charge in [0, 0.05) is 0 Å². The summed E-state index contributed by atoms with van der Waals surface area (Å²) >= 11 is 0. The molecule has 0 aliphatic carbocycles. The molecule has 0 saturated carbocycles. The van der Waals surface area contributed by atoms with Crippen molar-refractivity contribution in [3.05, 3.63) is 59.7 Å². The minimum atomic E-state index is 0.281. The first-order chi connectivity index (χ1) is 7.78. The quantitative estimate of drug-likeness (QED) is 0.772. The van der Waals surface area contributed by atoms with Crippen molar-refractivity contribution in [3.8, 4) is 11.5 Å². The molecule has 3 N–H and O–H groups in total. The first kappa shape index (κ1) is 10.5. The Bertz CT molecular complexity index is 483. The summed E-state index contributed by atoms with van der Waals surface area (Å²) in [5.74, 6) is 6.01. The molecule has 0 saturated heterocycles. The molecule has 0 fully saturated rings. The highest BCUT2D eigenvalue weighted by Gasteiger charge is 1.99. The molecule has 0 aliphatic rings. The van der Waals surface area contributed by atoms with Crippen molar-refractivity contribution in [2.24, 2.45) is 5.90 Å². The molecule has 16 heavy (non-hydrogen) atoms. The average Bonchev–Trinajstić information content (AvgIpc) is 2.29. The number of hydrogen-bond acceptors (Lipinski definition) is 3. The zero-order chi connectivity index (χ0) is 11.4. The van der Waals surface area contributed by atoms with Crippen LogP contribution in [0.5, 0.6) is 11.5 Å². The monoisotopic (exact) mass is 215 g/mol. The molecule has 0 heterocycles. The summed E-state index contributed by atoms with van der Waals surface area (Å²) in [6.07, 6.45) is 0.742. The standard InChI is InChI=1S/C13H13NO2/c14-16-13-6-2-4-11(9-13)7-10-3-1-5-12(15)8-10/h1-6,8-9,15H,7,14H2. The van der Waals surface area contributed by atoms with E-state index in [0.717, 1.165) is 17.5 Å². The lowest BCUT2D eigenvalue weighted by Gasteiger charge is -2.04. The van der Waals surface area contributed by atoms with Crippen LogP contribution in [0, 0.1) is 0 Å². The van der Waals surface area contributed by atoms with Crippen molar-refractivity contribution in [1.29, 1.82) is 0 Å². The maximum Gasteiger partial charge on any atom is 0.147 e. The Balaban J connectivity index is 2.20. The van der Waals surface area contributed by atoms with Gasteiger partial charge in [0.05, 0.1) is 0 Å². The van der Waals surface area contributed by atoms with Gasteiger partial charge in [-0.1, -0.05) is 24.3 Å². The predicted octanol–water partition coefficient (Wildman–Crippen LogP) is 2.24. The lowest BCUT2D eigenvalue weighted by Crippen LogP contribution is -2.02. The summed E-state index contributed by atoms with van der Waals surface area (Å²) in [5, 5.41) is 9.35. The minimum absolute atomic E-state index is 0.281. The maximum absolute atomic E-state index is 9.35. The van der Waals surface area contributed by atoms with Crippen LogP contribution in [0.15, 0.2) is 48.5 Å². The molecule has 2 aromatic rings. The van der Waals surface area contributed by atoms with Gasteiger partial charge in [0.1, 0.15) is 11.5 Å². The highest BCUT2D eigenvalue weighted by atomic mass is 16.6. The van der Waals surface area contributed by atoms with E-state index in [1.54, 1.807) is 18.2 Å². The molecule has 0 radical (unpaired) electrons. The summed E-state index contributed by atoms with van der Waals surface area (Å²) in [7, 11) is 0. The topological polar surface area (TPSA) is 55.5 Å². The van der Waals surface area contributed by atoms with E-state index in [1.165, 1.54) is 0 Å². The zero-order valence-corrected chi connectivity index (χ0v) is 8.76. The Morgan fingerprint density at radius 3 is 2.38 bits per heavy atom. The molecule has 0 aliphatic heterocycles. The Labute approximate surface area is 94.1 Å². The minimum Gasteiger partial charge on any atom is -0.508 e. The molecule has 0 spiro atoms. The SMILES string of the molecule is NOc1cccc(Cc2cccc(O)c2)c1. The van der Waals surface area contributed by atoms with Crippen LogP contribution in [0.3, 0.4) is 0 Å². The van der Waals surface area contributed by atoms with E-state index in [4.69, 9.17) is 5.90 Å². The Morgan fingerprint density at radius 2 is 1.69 bits per heavy atom. The second-order valence-corrected chi connectivity index (χ2v) is 3.61. The van der Waals surface area contributed by atoms with E-state index in [0.29, 0.717) is 5.75 Å². The summed E-state index contributed by atoms with van der Waals surface area (Å²) in [5.41, 5.74) is 2.14. The molecule has 3 nitrogen and oxygen atoms in total. The average molecular weight is 215 g/mol. The van der Waals surface area contributed by atoms with Crippen LogP contribution >= 0.6 is 0 Å². The van der Waals surface area contributed by atoms with E-state index in [1.807, 2.05) is 30.3 Å². The lowest BCUT2D eigenvalue weighted by atomic mass is 10.0. The van der Waals surface area contributed by atoms with E-state index in [-0.39, 0.29) is 5.75 Å². The fourth-order valence-electron chi connectivity index (χ4n) is 1.63. The zero-order valence-electron chi connectivity index (χ0n) is 8.76. The fourth-order valence-corrected chi connectivity index (χ4v) is 1.63. The summed E-state index contributed by atoms with van der Waals surface area (Å²) in [6.45, 7) is 0. The molecule has 0 unspecified atom stereocenters. The number of aromatic hydroxyl groups is 1. The van der Waals surface area contributed by atoms with Gasteiger partial charge in [-0.3, -0.25) is 0 Å². The number of rotatable bonds is 3. The summed E-state index contributed by atoms with van der Waals surface area (Å²) in [4.78, 5) is 4.67. The van der Waals surface area contributed by atoms with Crippen LogP contribution in [-0.4, -0.2) is 5.11 Å². The van der Waals surface area contributed by atoms with Crippen LogP contribution in [0.1, 0.15) is 11.1 Å². The van der Waals surface area contributed by atoms with E-state index in [2.05, 4.69) is 4.84 Å². The second-order valence-electron chi connectivity index (χ2n) is 3.61. The summed E-state index contributed by atoms with van der Waals surface area (Å²) < 4.78 is 0. The molecule has 2 aromatic carbocycles. The van der Waals surface area contributed by atoms with Crippen LogP contribution < -0.4 is 10.7 Å². The van der Waals surface area contributed by atoms with Gasteiger partial charge in [0.25, 0.3) is 0 Å². The molecule has 2 rings (SSSR count). The molecule has 3 heteroatoms. The lowest BCUT2D eigenvalue weighted by molar-refractivity contribution is 0.334. The van der Waals surface area contributed by atoms with Gasteiger partial charge in [0.15, 0.2) is 0 Å². The van der Waals surface area contributed by atoms with Crippen LogP contribution in [0.25, 0.3) is 0 Å². The fraction of sp³-hybridized carbons (Fsp3) is 0.0769. The van der Waals surface area contributed by atoms with Crippen molar-refractivity contribution < 1.29 is 9.94 Å². The third kappa shape index (κ3) is 2.52. The van der Waals surface area contributed by atoms with Gasteiger partial charge in [-0.25, -0.2) is 0 Å². The van der Waals surface area contributed by atoms with Crippen LogP contribution in [-0.2, 0) is 6.42 Å². The molecule has 0 amide bonds.